The summed E-state index contributed by atoms with van der Waals surface area (Å²) in [7, 11) is 0. The second-order valence-corrected chi connectivity index (χ2v) is 5.46. The Hall–Kier alpha value is -0.755. The van der Waals surface area contributed by atoms with Gasteiger partial charge in [0.05, 0.1) is 0 Å². The van der Waals surface area contributed by atoms with Crippen LogP contribution >= 0.6 is 0 Å². The number of hydrogen-bond acceptors (Lipinski definition) is 1. The minimum Gasteiger partial charge on any atom is -0.447 e. The molecule has 0 saturated carbocycles. The molecule has 0 aliphatic heterocycles. The highest BCUT2D eigenvalue weighted by Gasteiger charge is 2.20. The summed E-state index contributed by atoms with van der Waals surface area (Å²) in [5.41, 5.74) is 5.13. The van der Waals surface area contributed by atoms with Crippen LogP contribution in [0, 0.1) is 13.8 Å². The smallest absolute Gasteiger partial charge is 0.320 e. The first-order valence-corrected chi connectivity index (χ1v) is 5.53. The maximum atomic E-state index is 9.57. The predicted octanol–water partition coefficient (Wildman–Crippen LogP) is 2.42. The van der Waals surface area contributed by atoms with E-state index in [-0.39, 0.29) is 12.3 Å². The van der Waals surface area contributed by atoms with E-state index in [9.17, 15) is 5.02 Å². The van der Waals surface area contributed by atoms with Crippen molar-refractivity contribution in [2.75, 3.05) is 0 Å². The lowest BCUT2D eigenvalue weighted by Gasteiger charge is -2.25. The van der Waals surface area contributed by atoms with E-state index in [4.69, 9.17) is 0 Å². The molecule has 0 radical (unpaired) electrons. The molecule has 2 heteroatoms. The monoisotopic (exact) mass is 204 g/mol. The summed E-state index contributed by atoms with van der Waals surface area (Å²) in [5, 5.41) is 9.57. The van der Waals surface area contributed by atoms with Crippen molar-refractivity contribution >= 4 is 12.4 Å². The lowest BCUT2D eigenvalue weighted by molar-refractivity contribution is 0.580. The van der Waals surface area contributed by atoms with Gasteiger partial charge in [-0.15, -0.1) is 0 Å². The van der Waals surface area contributed by atoms with Gasteiger partial charge < -0.3 is 5.02 Å². The molecule has 1 aromatic carbocycles. The van der Waals surface area contributed by atoms with E-state index >= 15 is 0 Å². The van der Waals surface area contributed by atoms with Gasteiger partial charge in [0.2, 0.25) is 0 Å². The fourth-order valence-electron chi connectivity index (χ4n) is 2.42. The average molecular weight is 204 g/mol. The second-order valence-electron chi connectivity index (χ2n) is 5.46. The molecule has 0 bridgehead atoms. The molecule has 0 spiro atoms. The van der Waals surface area contributed by atoms with Crippen molar-refractivity contribution in [2.24, 2.45) is 0 Å². The standard InChI is InChI=1S/C13H21BO/c1-9-7-11(14(6)15)8-10(2)12(9)13(3,4)5/h7-8,15H,1-6H3. The molecule has 1 rings (SSSR count). The molecule has 0 heterocycles. The predicted molar refractivity (Wildman–Crippen MR) is 68.1 cm³/mol. The first-order chi connectivity index (χ1) is 6.73. The number of benzene rings is 1. The third-order valence-electron chi connectivity index (χ3n) is 2.79. The fourth-order valence-corrected chi connectivity index (χ4v) is 2.42. The SMILES string of the molecule is CB(O)c1cc(C)c(C(C)(C)C)c(C)c1. The van der Waals surface area contributed by atoms with Crippen LogP contribution in [0.5, 0.6) is 0 Å². The van der Waals surface area contributed by atoms with Gasteiger partial charge in [0.25, 0.3) is 0 Å². The molecule has 1 nitrogen and oxygen atoms in total. The van der Waals surface area contributed by atoms with E-state index in [0.29, 0.717) is 0 Å². The van der Waals surface area contributed by atoms with Crippen molar-refractivity contribution in [2.45, 2.75) is 46.9 Å². The van der Waals surface area contributed by atoms with Crippen LogP contribution in [0.25, 0.3) is 0 Å². The highest BCUT2D eigenvalue weighted by molar-refractivity contribution is 6.64. The Kier molecular flexibility index (Phi) is 3.29. The highest BCUT2D eigenvalue weighted by atomic mass is 16.2. The molecular weight excluding hydrogens is 183 g/mol. The Bertz CT molecular complexity index is 338. The van der Waals surface area contributed by atoms with Gasteiger partial charge in [0, 0.05) is 0 Å². The second kappa shape index (κ2) is 4.01. The van der Waals surface area contributed by atoms with E-state index < -0.39 is 0 Å². The summed E-state index contributed by atoms with van der Waals surface area (Å²) in [6, 6.07) is 4.19. The summed E-state index contributed by atoms with van der Waals surface area (Å²) >= 11 is 0. The van der Waals surface area contributed by atoms with Crippen molar-refractivity contribution in [3.05, 3.63) is 28.8 Å². The first-order valence-electron chi connectivity index (χ1n) is 5.53. The summed E-state index contributed by atoms with van der Waals surface area (Å²) in [4.78, 5) is 0. The van der Waals surface area contributed by atoms with E-state index in [1.54, 1.807) is 0 Å². The van der Waals surface area contributed by atoms with Gasteiger partial charge in [-0.3, -0.25) is 0 Å². The van der Waals surface area contributed by atoms with Crippen LogP contribution in [0.15, 0.2) is 12.1 Å². The Balaban J connectivity index is 3.34. The molecule has 0 unspecified atom stereocenters. The third-order valence-corrected chi connectivity index (χ3v) is 2.79. The first kappa shape index (κ1) is 12.3. The van der Waals surface area contributed by atoms with Crippen LogP contribution in [0.3, 0.4) is 0 Å². The lowest BCUT2D eigenvalue weighted by atomic mass is 9.63. The van der Waals surface area contributed by atoms with Crippen LogP contribution in [0.1, 0.15) is 37.5 Å². The normalized spacial score (nSPS) is 11.7. The van der Waals surface area contributed by atoms with Crippen LogP contribution in [0.2, 0.25) is 6.82 Å². The van der Waals surface area contributed by atoms with Crippen LogP contribution in [0.4, 0.5) is 0 Å². The zero-order chi connectivity index (χ0) is 11.8. The minimum atomic E-state index is -0.378. The average Bonchev–Trinajstić information content (AvgIpc) is 1.99. The van der Waals surface area contributed by atoms with Gasteiger partial charge in [-0.1, -0.05) is 39.7 Å². The van der Waals surface area contributed by atoms with Gasteiger partial charge >= 0.3 is 6.92 Å². The van der Waals surface area contributed by atoms with Crippen molar-refractivity contribution in [1.29, 1.82) is 0 Å². The summed E-state index contributed by atoms with van der Waals surface area (Å²) in [6.45, 7) is 12.4. The molecule has 0 aliphatic carbocycles. The molecule has 15 heavy (non-hydrogen) atoms. The van der Waals surface area contributed by atoms with Crippen molar-refractivity contribution in [1.82, 2.24) is 0 Å². The van der Waals surface area contributed by atoms with Crippen molar-refractivity contribution in [3.8, 4) is 0 Å². The number of rotatable bonds is 1. The Morgan fingerprint density at radius 3 is 1.73 bits per heavy atom. The van der Waals surface area contributed by atoms with Crippen molar-refractivity contribution < 1.29 is 5.02 Å². The molecule has 82 valence electrons. The maximum Gasteiger partial charge on any atom is 0.320 e. The van der Waals surface area contributed by atoms with Gasteiger partial charge in [0.1, 0.15) is 0 Å². The molecule has 1 N–H and O–H groups in total. The van der Waals surface area contributed by atoms with Gasteiger partial charge in [-0.25, -0.2) is 0 Å². The van der Waals surface area contributed by atoms with E-state index in [2.05, 4.69) is 46.8 Å². The number of aryl methyl sites for hydroxylation is 2. The number of hydrogen-bond donors (Lipinski definition) is 1. The molecule has 0 amide bonds. The van der Waals surface area contributed by atoms with Crippen molar-refractivity contribution in [3.63, 3.8) is 0 Å². The van der Waals surface area contributed by atoms with E-state index in [1.807, 2.05) is 6.82 Å². The Morgan fingerprint density at radius 1 is 1.07 bits per heavy atom. The van der Waals surface area contributed by atoms with Crippen LogP contribution in [-0.2, 0) is 5.41 Å². The van der Waals surface area contributed by atoms with Crippen LogP contribution in [-0.4, -0.2) is 11.9 Å². The van der Waals surface area contributed by atoms with Gasteiger partial charge in [-0.2, -0.15) is 0 Å². The Morgan fingerprint density at radius 2 is 1.47 bits per heavy atom. The summed E-state index contributed by atoms with van der Waals surface area (Å²) in [5.74, 6) is 0. The zero-order valence-corrected chi connectivity index (χ0v) is 10.7. The quantitative estimate of drug-likeness (QED) is 0.696. The van der Waals surface area contributed by atoms with Crippen LogP contribution < -0.4 is 5.46 Å². The third kappa shape index (κ3) is 2.63. The topological polar surface area (TPSA) is 20.2 Å². The molecule has 0 aliphatic rings. The van der Waals surface area contributed by atoms with Gasteiger partial charge in [-0.05, 0) is 41.4 Å². The van der Waals surface area contributed by atoms with Gasteiger partial charge in [0.15, 0.2) is 0 Å². The maximum absolute atomic E-state index is 9.57. The molecule has 0 fully saturated rings. The Labute approximate surface area is 93.6 Å². The molecule has 0 aromatic heterocycles. The molecule has 1 aromatic rings. The molecule has 0 atom stereocenters. The highest BCUT2D eigenvalue weighted by Crippen LogP contribution is 2.27. The molecular formula is C13H21BO. The zero-order valence-electron chi connectivity index (χ0n) is 10.7. The summed E-state index contributed by atoms with van der Waals surface area (Å²) in [6.07, 6.45) is 0. The van der Waals surface area contributed by atoms with E-state index in [0.717, 1.165) is 5.46 Å². The molecule has 0 saturated heterocycles. The lowest BCUT2D eigenvalue weighted by Crippen LogP contribution is -2.28. The minimum absolute atomic E-state index is 0.172. The largest absolute Gasteiger partial charge is 0.447 e. The fraction of sp³-hybridized carbons (Fsp3) is 0.538. The summed E-state index contributed by atoms with van der Waals surface area (Å²) < 4.78 is 0. The van der Waals surface area contributed by atoms with E-state index in [1.165, 1.54) is 16.7 Å².